The predicted molar refractivity (Wildman–Crippen MR) is 352 cm³/mol. The average molecular weight is 1120 g/mol. The van der Waals surface area contributed by atoms with Gasteiger partial charge in [0, 0.05) is 19.3 Å². The zero-order valence-corrected chi connectivity index (χ0v) is 52.0. The molecule has 0 bridgehead atoms. The lowest BCUT2D eigenvalue weighted by molar-refractivity contribution is -0.166. The molecule has 0 saturated heterocycles. The molecule has 454 valence electrons. The fourth-order valence-corrected chi connectivity index (χ4v) is 8.38. The molecular formula is C75H118O6. The lowest BCUT2D eigenvalue weighted by atomic mass is 10.1. The summed E-state index contributed by atoms with van der Waals surface area (Å²) in [5, 5.41) is 0. The third-order valence-corrected chi connectivity index (χ3v) is 13.2. The summed E-state index contributed by atoms with van der Waals surface area (Å²) in [4.78, 5) is 38.2. The summed E-state index contributed by atoms with van der Waals surface area (Å²) in [6.07, 6.45) is 99.5. The first-order valence-corrected chi connectivity index (χ1v) is 32.6. The Hall–Kier alpha value is -5.23. The molecule has 0 aliphatic rings. The highest BCUT2D eigenvalue weighted by Gasteiger charge is 2.19. The molecule has 0 aromatic carbocycles. The van der Waals surface area contributed by atoms with E-state index in [1.54, 1.807) is 0 Å². The second-order valence-corrected chi connectivity index (χ2v) is 20.9. The van der Waals surface area contributed by atoms with Crippen LogP contribution in [0.3, 0.4) is 0 Å². The third-order valence-electron chi connectivity index (χ3n) is 13.2. The number of unbranched alkanes of at least 4 members (excludes halogenated alkanes) is 18. The Kier molecular flexibility index (Phi) is 62.9. The number of esters is 3. The minimum absolute atomic E-state index is 0.116. The van der Waals surface area contributed by atoms with Crippen molar-refractivity contribution in [1.82, 2.24) is 0 Å². The molecule has 0 heterocycles. The van der Waals surface area contributed by atoms with Gasteiger partial charge in [0.1, 0.15) is 13.2 Å². The molecule has 1 unspecified atom stereocenters. The van der Waals surface area contributed by atoms with E-state index >= 15 is 0 Å². The van der Waals surface area contributed by atoms with E-state index in [-0.39, 0.29) is 37.5 Å². The number of ether oxygens (including phenoxy) is 3. The summed E-state index contributed by atoms with van der Waals surface area (Å²) in [6, 6.07) is 0. The Morgan fingerprint density at radius 3 is 0.840 bits per heavy atom. The van der Waals surface area contributed by atoms with Crippen LogP contribution >= 0.6 is 0 Å². The molecule has 0 rings (SSSR count). The molecule has 0 N–H and O–H groups in total. The lowest BCUT2D eigenvalue weighted by Crippen LogP contribution is -2.30. The van der Waals surface area contributed by atoms with Crippen molar-refractivity contribution in [3.63, 3.8) is 0 Å². The van der Waals surface area contributed by atoms with E-state index in [1.165, 1.54) is 70.6 Å². The Morgan fingerprint density at radius 2 is 0.506 bits per heavy atom. The Bertz CT molecular complexity index is 1860. The van der Waals surface area contributed by atoms with Crippen LogP contribution in [0.2, 0.25) is 0 Å². The average Bonchev–Trinajstić information content (AvgIpc) is 3.46. The van der Waals surface area contributed by atoms with Crippen molar-refractivity contribution in [2.45, 2.75) is 271 Å². The summed E-state index contributed by atoms with van der Waals surface area (Å²) < 4.78 is 16.8. The first-order valence-electron chi connectivity index (χ1n) is 32.6. The second-order valence-electron chi connectivity index (χ2n) is 20.9. The van der Waals surface area contributed by atoms with E-state index in [4.69, 9.17) is 14.2 Å². The van der Waals surface area contributed by atoms with Crippen molar-refractivity contribution in [1.29, 1.82) is 0 Å². The number of carbonyl (C=O) groups is 3. The maximum atomic E-state index is 12.9. The molecule has 0 amide bonds. The number of allylic oxidation sites excluding steroid dienone is 28. The van der Waals surface area contributed by atoms with E-state index in [9.17, 15) is 14.4 Å². The second kappa shape index (κ2) is 67.3. The van der Waals surface area contributed by atoms with Gasteiger partial charge in [-0.25, -0.2) is 0 Å². The van der Waals surface area contributed by atoms with Gasteiger partial charge in [-0.3, -0.25) is 14.4 Å². The molecule has 6 nitrogen and oxygen atoms in total. The van der Waals surface area contributed by atoms with Crippen molar-refractivity contribution in [2.24, 2.45) is 0 Å². The molecule has 0 spiro atoms. The first kappa shape index (κ1) is 75.8. The monoisotopic (exact) mass is 1110 g/mol. The number of carbonyl (C=O) groups excluding carboxylic acids is 3. The van der Waals surface area contributed by atoms with Gasteiger partial charge in [0.15, 0.2) is 6.10 Å². The van der Waals surface area contributed by atoms with Gasteiger partial charge in [0.25, 0.3) is 0 Å². The van der Waals surface area contributed by atoms with E-state index in [0.717, 1.165) is 148 Å². The first-order chi connectivity index (χ1) is 40.0. The molecule has 0 saturated carbocycles. The summed E-state index contributed by atoms with van der Waals surface area (Å²) in [7, 11) is 0. The molecule has 0 aliphatic carbocycles. The smallest absolute Gasteiger partial charge is 0.306 e. The fourth-order valence-electron chi connectivity index (χ4n) is 8.38. The Balaban J connectivity index is 4.32. The molecule has 0 radical (unpaired) electrons. The molecule has 0 aromatic rings. The van der Waals surface area contributed by atoms with Crippen LogP contribution in [-0.2, 0) is 28.6 Å². The molecule has 0 aliphatic heterocycles. The zero-order valence-electron chi connectivity index (χ0n) is 52.0. The van der Waals surface area contributed by atoms with Gasteiger partial charge < -0.3 is 14.2 Å². The van der Waals surface area contributed by atoms with Crippen LogP contribution in [0.25, 0.3) is 0 Å². The van der Waals surface area contributed by atoms with E-state index in [2.05, 4.69) is 179 Å². The maximum absolute atomic E-state index is 12.9. The van der Waals surface area contributed by atoms with Crippen molar-refractivity contribution in [2.75, 3.05) is 13.2 Å². The highest BCUT2D eigenvalue weighted by Crippen LogP contribution is 2.14. The minimum atomic E-state index is -0.824. The van der Waals surface area contributed by atoms with E-state index in [1.807, 2.05) is 12.2 Å². The molecule has 81 heavy (non-hydrogen) atoms. The number of rotatable bonds is 57. The highest BCUT2D eigenvalue weighted by molar-refractivity contribution is 5.71. The van der Waals surface area contributed by atoms with E-state index in [0.29, 0.717) is 19.3 Å². The van der Waals surface area contributed by atoms with Crippen molar-refractivity contribution < 1.29 is 28.6 Å². The predicted octanol–water partition coefficient (Wildman–Crippen LogP) is 22.7. The van der Waals surface area contributed by atoms with Gasteiger partial charge in [-0.05, 0) is 141 Å². The summed E-state index contributed by atoms with van der Waals surface area (Å²) >= 11 is 0. The number of hydrogen-bond donors (Lipinski definition) is 0. The van der Waals surface area contributed by atoms with Gasteiger partial charge >= 0.3 is 17.9 Å². The summed E-state index contributed by atoms with van der Waals surface area (Å²) in [6.45, 7) is 6.31. The Morgan fingerprint density at radius 1 is 0.259 bits per heavy atom. The summed E-state index contributed by atoms with van der Waals surface area (Å²) in [5.74, 6) is -1.02. The molecule has 6 heteroatoms. The van der Waals surface area contributed by atoms with Crippen LogP contribution in [0.5, 0.6) is 0 Å². The van der Waals surface area contributed by atoms with Gasteiger partial charge in [-0.15, -0.1) is 0 Å². The van der Waals surface area contributed by atoms with Crippen LogP contribution in [-0.4, -0.2) is 37.2 Å². The standard InChI is InChI=1S/C75H118O6/c1-4-7-10-13-16-19-22-25-27-28-29-30-31-32-33-34-35-36-37-38-39-40-41-42-43-44-45-46-48-50-53-56-59-62-65-68-74(77)80-71-72(70-79-73(76)67-64-61-58-55-52-49-24-21-18-15-12-9-6-3)81-75(78)69-66-63-60-57-54-51-47-26-23-20-17-14-11-8-5-2/h7,9-10,12,16,18-19,21,25-27,29-30,32-33,35-36,38-39,41-42,44-45,47,49,52,58,61,72H,4-6,8,11,13-15,17,20,22-24,28,31,34,37,40,43,46,48,50-51,53-57,59-60,62-71H2,1-3H3/b10-7-,12-9-,19-16-,21-18-,27-25-,30-29-,33-32-,36-35-,39-38-,42-41-,45-44-,47-26-,52-49-,61-58-. The Labute approximate surface area is 498 Å². The SMILES string of the molecule is CC/C=C\C/C=C\C/C=C\C/C=C\C/C=C\C/C=C\C/C=C\C/C=C\C/C=C\CCCCCCCCCC(=O)OCC(COC(=O)CC/C=C\C/C=C\C/C=C\C/C=C\CC)OC(=O)CCCCCCC/C=C\CCCCCCCC. The van der Waals surface area contributed by atoms with Gasteiger partial charge in [-0.2, -0.15) is 0 Å². The van der Waals surface area contributed by atoms with E-state index < -0.39 is 6.10 Å². The topological polar surface area (TPSA) is 78.9 Å². The van der Waals surface area contributed by atoms with Crippen LogP contribution in [0.1, 0.15) is 265 Å². The molecule has 0 aromatic heterocycles. The van der Waals surface area contributed by atoms with Crippen LogP contribution in [0.15, 0.2) is 170 Å². The fraction of sp³-hybridized carbons (Fsp3) is 0.587. The minimum Gasteiger partial charge on any atom is -0.462 e. The van der Waals surface area contributed by atoms with Crippen LogP contribution in [0, 0.1) is 0 Å². The summed E-state index contributed by atoms with van der Waals surface area (Å²) in [5.41, 5.74) is 0. The molecular weight excluding hydrogens is 997 g/mol. The largest absolute Gasteiger partial charge is 0.462 e. The van der Waals surface area contributed by atoms with Gasteiger partial charge in [-0.1, -0.05) is 274 Å². The maximum Gasteiger partial charge on any atom is 0.306 e. The highest BCUT2D eigenvalue weighted by atomic mass is 16.6. The van der Waals surface area contributed by atoms with Crippen molar-refractivity contribution in [3.8, 4) is 0 Å². The van der Waals surface area contributed by atoms with Crippen LogP contribution in [0.4, 0.5) is 0 Å². The van der Waals surface area contributed by atoms with Crippen molar-refractivity contribution in [3.05, 3.63) is 170 Å². The lowest BCUT2D eigenvalue weighted by Gasteiger charge is -2.18. The zero-order chi connectivity index (χ0) is 58.5. The quantitative estimate of drug-likeness (QED) is 0.0261. The van der Waals surface area contributed by atoms with Gasteiger partial charge in [0.05, 0.1) is 0 Å². The van der Waals surface area contributed by atoms with Crippen molar-refractivity contribution >= 4 is 17.9 Å². The normalized spacial score (nSPS) is 13.3. The molecule has 1 atom stereocenters. The molecule has 0 fully saturated rings. The number of hydrogen-bond acceptors (Lipinski definition) is 6. The van der Waals surface area contributed by atoms with Crippen LogP contribution < -0.4 is 0 Å². The van der Waals surface area contributed by atoms with Gasteiger partial charge in [0.2, 0.25) is 0 Å². The third kappa shape index (κ3) is 65.5.